The molecule has 2 rings (SSSR count). The maximum Gasteiger partial charge on any atom is 0.416 e. The van der Waals surface area contributed by atoms with Crippen molar-refractivity contribution in [2.45, 2.75) is 38.4 Å². The van der Waals surface area contributed by atoms with Crippen molar-refractivity contribution >= 4 is 21.7 Å². The van der Waals surface area contributed by atoms with Crippen molar-refractivity contribution < 1.29 is 31.2 Å². The number of alkyl halides is 3. The summed E-state index contributed by atoms with van der Waals surface area (Å²) in [5.74, 6) is -1.28. The number of benzene rings is 1. The second-order valence-electron chi connectivity index (χ2n) is 6.99. The number of amides is 2. The van der Waals surface area contributed by atoms with Gasteiger partial charge in [-0.2, -0.15) is 13.2 Å². The van der Waals surface area contributed by atoms with Crippen LogP contribution in [0.3, 0.4) is 0 Å². The van der Waals surface area contributed by atoms with Crippen molar-refractivity contribution in [1.82, 2.24) is 10.2 Å². The molecule has 156 valence electrons. The molecule has 2 atom stereocenters. The number of carbonyl (C=O) groups is 2. The van der Waals surface area contributed by atoms with E-state index in [1.165, 1.54) is 24.0 Å². The Hall–Kier alpha value is -2.10. The summed E-state index contributed by atoms with van der Waals surface area (Å²) >= 11 is 0. The molecule has 1 aliphatic heterocycles. The van der Waals surface area contributed by atoms with Gasteiger partial charge in [0.15, 0.2) is 9.84 Å². The SMILES string of the molecule is CC(NC(=O)CC(C)c1ccc(C(F)(F)F)cc1)C(=O)N1CCS(=O)(=O)CC1. The van der Waals surface area contributed by atoms with Crippen LogP contribution in [0.2, 0.25) is 0 Å². The van der Waals surface area contributed by atoms with Gasteiger partial charge in [-0.1, -0.05) is 19.1 Å². The van der Waals surface area contributed by atoms with Crippen LogP contribution in [0.4, 0.5) is 13.2 Å². The van der Waals surface area contributed by atoms with Crippen molar-refractivity contribution in [3.63, 3.8) is 0 Å². The molecule has 2 amide bonds. The minimum Gasteiger partial charge on any atom is -0.345 e. The number of carbonyl (C=O) groups excluding carboxylic acids is 2. The molecule has 10 heteroatoms. The number of hydrogen-bond acceptors (Lipinski definition) is 4. The molecule has 1 heterocycles. The number of hydrogen-bond donors (Lipinski definition) is 1. The van der Waals surface area contributed by atoms with Gasteiger partial charge in [0.25, 0.3) is 0 Å². The van der Waals surface area contributed by atoms with E-state index in [0.717, 1.165) is 12.1 Å². The zero-order valence-corrected chi connectivity index (χ0v) is 16.4. The van der Waals surface area contributed by atoms with Crippen molar-refractivity contribution in [2.24, 2.45) is 0 Å². The Morgan fingerprint density at radius 1 is 1.11 bits per heavy atom. The van der Waals surface area contributed by atoms with E-state index >= 15 is 0 Å². The van der Waals surface area contributed by atoms with Gasteiger partial charge in [-0.05, 0) is 30.5 Å². The van der Waals surface area contributed by atoms with E-state index in [0.29, 0.717) is 5.56 Å². The fourth-order valence-electron chi connectivity index (χ4n) is 2.97. The lowest BCUT2D eigenvalue weighted by molar-refractivity contribution is -0.137. The second kappa shape index (κ2) is 8.50. The van der Waals surface area contributed by atoms with Gasteiger partial charge >= 0.3 is 6.18 Å². The van der Waals surface area contributed by atoms with Crippen LogP contribution in [0.15, 0.2) is 24.3 Å². The van der Waals surface area contributed by atoms with Gasteiger partial charge in [0.2, 0.25) is 11.8 Å². The minimum absolute atomic E-state index is 0.0113. The maximum atomic E-state index is 12.6. The molecule has 28 heavy (non-hydrogen) atoms. The smallest absolute Gasteiger partial charge is 0.345 e. The first-order chi connectivity index (χ1) is 12.9. The minimum atomic E-state index is -4.41. The first-order valence-corrected chi connectivity index (χ1v) is 10.7. The summed E-state index contributed by atoms with van der Waals surface area (Å²) in [5.41, 5.74) is -0.168. The van der Waals surface area contributed by atoms with E-state index in [1.54, 1.807) is 6.92 Å². The largest absolute Gasteiger partial charge is 0.416 e. The van der Waals surface area contributed by atoms with Crippen LogP contribution in [-0.4, -0.2) is 55.8 Å². The summed E-state index contributed by atoms with van der Waals surface area (Å²) in [6.07, 6.45) is -4.40. The molecular formula is C18H23F3N2O4S. The molecule has 6 nitrogen and oxygen atoms in total. The monoisotopic (exact) mass is 420 g/mol. The number of nitrogens with one attached hydrogen (secondary N) is 1. The van der Waals surface area contributed by atoms with Gasteiger partial charge in [0.1, 0.15) is 6.04 Å². The van der Waals surface area contributed by atoms with E-state index in [-0.39, 0.29) is 42.8 Å². The highest BCUT2D eigenvalue weighted by molar-refractivity contribution is 7.91. The van der Waals surface area contributed by atoms with Crippen LogP contribution < -0.4 is 5.32 Å². The lowest BCUT2D eigenvalue weighted by Gasteiger charge is -2.29. The van der Waals surface area contributed by atoms with Crippen molar-refractivity contribution in [1.29, 1.82) is 0 Å². The van der Waals surface area contributed by atoms with Gasteiger partial charge in [0, 0.05) is 19.5 Å². The fourth-order valence-corrected chi connectivity index (χ4v) is 4.17. The van der Waals surface area contributed by atoms with E-state index in [2.05, 4.69) is 5.32 Å². The third kappa shape index (κ3) is 5.95. The molecule has 2 unspecified atom stereocenters. The highest BCUT2D eigenvalue weighted by Crippen LogP contribution is 2.30. The molecule has 1 aromatic carbocycles. The number of halogens is 3. The lowest BCUT2D eigenvalue weighted by atomic mass is 9.96. The van der Waals surface area contributed by atoms with Crippen LogP contribution >= 0.6 is 0 Å². The zero-order valence-electron chi connectivity index (χ0n) is 15.6. The topological polar surface area (TPSA) is 83.6 Å². The number of rotatable bonds is 5. The molecular weight excluding hydrogens is 397 g/mol. The Morgan fingerprint density at radius 2 is 1.64 bits per heavy atom. The molecule has 1 saturated heterocycles. The third-order valence-electron chi connectivity index (χ3n) is 4.70. The molecule has 0 aliphatic carbocycles. The summed E-state index contributed by atoms with van der Waals surface area (Å²) in [6.45, 7) is 3.43. The predicted molar refractivity (Wildman–Crippen MR) is 97.3 cm³/mol. The third-order valence-corrected chi connectivity index (χ3v) is 6.31. The van der Waals surface area contributed by atoms with E-state index < -0.39 is 33.5 Å². The molecule has 1 N–H and O–H groups in total. The fraction of sp³-hybridized carbons (Fsp3) is 0.556. The normalized spacial score (nSPS) is 19.0. The molecule has 0 saturated carbocycles. The number of sulfone groups is 1. The zero-order chi connectivity index (χ0) is 21.1. The van der Waals surface area contributed by atoms with Gasteiger partial charge in [-0.15, -0.1) is 0 Å². The Balaban J connectivity index is 1.87. The molecule has 0 radical (unpaired) electrons. The predicted octanol–water partition coefficient (Wildman–Crippen LogP) is 1.96. The van der Waals surface area contributed by atoms with E-state index in [1.807, 2.05) is 0 Å². The van der Waals surface area contributed by atoms with Crippen molar-refractivity contribution in [2.75, 3.05) is 24.6 Å². The van der Waals surface area contributed by atoms with Crippen molar-refractivity contribution in [3.8, 4) is 0 Å². The van der Waals surface area contributed by atoms with E-state index in [9.17, 15) is 31.2 Å². The molecule has 1 aromatic rings. The molecule has 1 aliphatic rings. The molecule has 1 fully saturated rings. The average molecular weight is 420 g/mol. The Labute approximate surface area is 162 Å². The average Bonchev–Trinajstić information content (AvgIpc) is 2.60. The van der Waals surface area contributed by atoms with Crippen LogP contribution in [0, 0.1) is 0 Å². The van der Waals surface area contributed by atoms with Crippen LogP contribution in [0.5, 0.6) is 0 Å². The van der Waals surface area contributed by atoms with Crippen molar-refractivity contribution in [3.05, 3.63) is 35.4 Å². The highest BCUT2D eigenvalue weighted by Gasteiger charge is 2.31. The Bertz CT molecular complexity index is 808. The standard InChI is InChI=1S/C18H23F3N2O4S/c1-12(14-3-5-15(6-4-14)18(19,20)21)11-16(24)22-13(2)17(25)23-7-9-28(26,27)10-8-23/h3-6,12-13H,7-11H2,1-2H3,(H,22,24). The summed E-state index contributed by atoms with van der Waals surface area (Å²) in [5, 5.41) is 2.57. The Morgan fingerprint density at radius 3 is 2.14 bits per heavy atom. The maximum absolute atomic E-state index is 12.6. The van der Waals surface area contributed by atoms with Gasteiger partial charge < -0.3 is 10.2 Å². The van der Waals surface area contributed by atoms with Gasteiger partial charge in [0.05, 0.1) is 17.1 Å². The second-order valence-corrected chi connectivity index (χ2v) is 9.29. The lowest BCUT2D eigenvalue weighted by Crippen LogP contribution is -2.51. The summed E-state index contributed by atoms with van der Waals surface area (Å²) in [6, 6.07) is 3.81. The van der Waals surface area contributed by atoms with Crippen LogP contribution in [0.25, 0.3) is 0 Å². The summed E-state index contributed by atoms with van der Waals surface area (Å²) < 4.78 is 60.7. The van der Waals surface area contributed by atoms with E-state index in [4.69, 9.17) is 0 Å². The molecule has 0 spiro atoms. The first kappa shape index (κ1) is 22.2. The molecule has 0 bridgehead atoms. The van der Waals surface area contributed by atoms with Gasteiger partial charge in [-0.3, -0.25) is 9.59 Å². The summed E-state index contributed by atoms with van der Waals surface area (Å²) in [7, 11) is -3.11. The number of nitrogens with zero attached hydrogens (tertiary/aromatic N) is 1. The van der Waals surface area contributed by atoms with Crippen LogP contribution in [0.1, 0.15) is 37.3 Å². The van der Waals surface area contributed by atoms with Crippen LogP contribution in [-0.2, 0) is 25.6 Å². The quantitative estimate of drug-likeness (QED) is 0.790. The highest BCUT2D eigenvalue weighted by atomic mass is 32.2. The first-order valence-electron chi connectivity index (χ1n) is 8.85. The van der Waals surface area contributed by atoms with Gasteiger partial charge in [-0.25, -0.2) is 8.42 Å². The summed E-state index contributed by atoms with van der Waals surface area (Å²) in [4.78, 5) is 25.9. The Kier molecular flexibility index (Phi) is 6.74. The molecule has 0 aromatic heterocycles.